The van der Waals surface area contributed by atoms with E-state index in [1.54, 1.807) is 13.1 Å². The standard InChI is InChI=1S/C17H22N2O3/c1-4-21-15-9-7-14(13-16(15)22-5-2)8-10-17(20)19(3)12-6-11-18/h7-10,13H,4-6,12H2,1-3H3. The summed E-state index contributed by atoms with van der Waals surface area (Å²) in [5.74, 6) is 1.22. The van der Waals surface area contributed by atoms with E-state index < -0.39 is 0 Å². The molecule has 0 aliphatic rings. The van der Waals surface area contributed by atoms with E-state index in [2.05, 4.69) is 0 Å². The molecule has 0 aromatic heterocycles. The SMILES string of the molecule is CCOc1ccc(C=CC(=O)N(C)CCC#N)cc1OCC. The first kappa shape index (κ1) is 17.6. The van der Waals surface area contributed by atoms with Crippen molar-refractivity contribution in [2.45, 2.75) is 20.3 Å². The van der Waals surface area contributed by atoms with Gasteiger partial charge in [0.2, 0.25) is 5.91 Å². The van der Waals surface area contributed by atoms with Crippen LogP contribution in [-0.4, -0.2) is 37.6 Å². The van der Waals surface area contributed by atoms with Gasteiger partial charge in [-0.3, -0.25) is 4.79 Å². The lowest BCUT2D eigenvalue weighted by atomic mass is 10.2. The molecule has 0 bridgehead atoms. The second-order valence-corrected chi connectivity index (χ2v) is 4.57. The van der Waals surface area contributed by atoms with Gasteiger partial charge in [0, 0.05) is 19.7 Å². The summed E-state index contributed by atoms with van der Waals surface area (Å²) in [6.45, 7) is 5.36. The summed E-state index contributed by atoms with van der Waals surface area (Å²) in [4.78, 5) is 13.4. The maximum atomic E-state index is 11.9. The number of nitriles is 1. The number of benzene rings is 1. The van der Waals surface area contributed by atoms with Gasteiger partial charge in [0.05, 0.1) is 25.7 Å². The second kappa shape index (κ2) is 9.46. The lowest BCUT2D eigenvalue weighted by Crippen LogP contribution is -2.25. The molecule has 0 spiro atoms. The highest BCUT2D eigenvalue weighted by Gasteiger charge is 2.06. The monoisotopic (exact) mass is 302 g/mol. The molecule has 0 atom stereocenters. The Kier molecular flexibility index (Phi) is 7.55. The molecule has 5 nitrogen and oxygen atoms in total. The Morgan fingerprint density at radius 2 is 1.95 bits per heavy atom. The highest BCUT2D eigenvalue weighted by atomic mass is 16.5. The molecule has 0 saturated carbocycles. The van der Waals surface area contributed by atoms with E-state index in [-0.39, 0.29) is 5.91 Å². The highest BCUT2D eigenvalue weighted by Crippen LogP contribution is 2.29. The van der Waals surface area contributed by atoms with Gasteiger partial charge >= 0.3 is 0 Å². The summed E-state index contributed by atoms with van der Waals surface area (Å²) in [6.07, 6.45) is 3.54. The first-order chi connectivity index (χ1) is 10.6. The molecule has 1 aromatic carbocycles. The van der Waals surface area contributed by atoms with E-state index in [4.69, 9.17) is 14.7 Å². The number of hydrogen-bond donors (Lipinski definition) is 0. The van der Waals surface area contributed by atoms with Gasteiger partial charge < -0.3 is 14.4 Å². The van der Waals surface area contributed by atoms with E-state index >= 15 is 0 Å². The van der Waals surface area contributed by atoms with Crippen molar-refractivity contribution in [3.05, 3.63) is 29.8 Å². The Hall–Kier alpha value is -2.48. The van der Waals surface area contributed by atoms with Gasteiger partial charge in [-0.05, 0) is 37.6 Å². The largest absolute Gasteiger partial charge is 0.490 e. The van der Waals surface area contributed by atoms with Gasteiger partial charge in [-0.2, -0.15) is 5.26 Å². The number of amides is 1. The van der Waals surface area contributed by atoms with E-state index in [1.807, 2.05) is 38.1 Å². The molecule has 0 unspecified atom stereocenters. The Balaban J connectivity index is 2.80. The lowest BCUT2D eigenvalue weighted by molar-refractivity contribution is -0.124. The Morgan fingerprint density at radius 1 is 1.27 bits per heavy atom. The normalized spacial score (nSPS) is 10.3. The van der Waals surface area contributed by atoms with Crippen LogP contribution in [0.4, 0.5) is 0 Å². The third-order valence-electron chi connectivity index (χ3n) is 2.92. The van der Waals surface area contributed by atoms with Crippen molar-refractivity contribution in [3.63, 3.8) is 0 Å². The molecule has 5 heteroatoms. The van der Waals surface area contributed by atoms with Crippen LogP contribution in [0.25, 0.3) is 6.08 Å². The zero-order valence-electron chi connectivity index (χ0n) is 13.3. The van der Waals surface area contributed by atoms with Crippen molar-refractivity contribution in [2.75, 3.05) is 26.8 Å². The van der Waals surface area contributed by atoms with Gasteiger partial charge in [-0.1, -0.05) is 6.07 Å². The van der Waals surface area contributed by atoms with Crippen LogP contribution in [0.3, 0.4) is 0 Å². The average molecular weight is 302 g/mol. The summed E-state index contributed by atoms with van der Waals surface area (Å²) < 4.78 is 11.0. The van der Waals surface area contributed by atoms with E-state index in [0.29, 0.717) is 37.7 Å². The number of hydrogen-bond acceptors (Lipinski definition) is 4. The van der Waals surface area contributed by atoms with Gasteiger partial charge in [0.25, 0.3) is 0 Å². The molecule has 0 N–H and O–H groups in total. The van der Waals surface area contributed by atoms with E-state index in [1.165, 1.54) is 11.0 Å². The quantitative estimate of drug-likeness (QED) is 0.693. The zero-order chi connectivity index (χ0) is 16.4. The van der Waals surface area contributed by atoms with Gasteiger partial charge in [-0.15, -0.1) is 0 Å². The molecule has 0 fully saturated rings. The molecule has 1 aromatic rings. The molecular formula is C17H22N2O3. The Bertz CT molecular complexity index is 562. The van der Waals surface area contributed by atoms with Gasteiger partial charge in [0.15, 0.2) is 11.5 Å². The van der Waals surface area contributed by atoms with Crippen LogP contribution in [0.5, 0.6) is 11.5 Å². The fourth-order valence-electron chi connectivity index (χ4n) is 1.79. The van der Waals surface area contributed by atoms with Crippen molar-refractivity contribution >= 4 is 12.0 Å². The molecule has 1 amide bonds. The summed E-state index contributed by atoms with van der Waals surface area (Å²) >= 11 is 0. The van der Waals surface area contributed by atoms with Crippen molar-refractivity contribution in [3.8, 4) is 17.6 Å². The van der Waals surface area contributed by atoms with Crippen LogP contribution in [0, 0.1) is 11.3 Å². The van der Waals surface area contributed by atoms with Crippen molar-refractivity contribution in [1.29, 1.82) is 5.26 Å². The van der Waals surface area contributed by atoms with Gasteiger partial charge in [-0.25, -0.2) is 0 Å². The first-order valence-corrected chi connectivity index (χ1v) is 7.32. The Morgan fingerprint density at radius 3 is 2.59 bits per heavy atom. The van der Waals surface area contributed by atoms with Crippen LogP contribution in [0.1, 0.15) is 25.8 Å². The van der Waals surface area contributed by atoms with Crippen molar-refractivity contribution < 1.29 is 14.3 Å². The highest BCUT2D eigenvalue weighted by molar-refractivity contribution is 5.91. The van der Waals surface area contributed by atoms with Crippen molar-refractivity contribution in [2.24, 2.45) is 0 Å². The third kappa shape index (κ3) is 5.49. The lowest BCUT2D eigenvalue weighted by Gasteiger charge is -2.13. The third-order valence-corrected chi connectivity index (χ3v) is 2.92. The molecule has 0 aliphatic carbocycles. The number of rotatable bonds is 8. The molecule has 118 valence electrons. The number of nitrogens with zero attached hydrogens (tertiary/aromatic N) is 2. The molecule has 1 rings (SSSR count). The zero-order valence-corrected chi connectivity index (χ0v) is 13.3. The van der Waals surface area contributed by atoms with E-state index in [9.17, 15) is 4.79 Å². The van der Waals surface area contributed by atoms with Crippen LogP contribution < -0.4 is 9.47 Å². The summed E-state index contributed by atoms with van der Waals surface area (Å²) in [7, 11) is 1.67. The van der Waals surface area contributed by atoms with Crippen LogP contribution in [-0.2, 0) is 4.79 Å². The topological polar surface area (TPSA) is 62.6 Å². The van der Waals surface area contributed by atoms with Crippen LogP contribution in [0.2, 0.25) is 0 Å². The van der Waals surface area contributed by atoms with Crippen LogP contribution >= 0.6 is 0 Å². The summed E-state index contributed by atoms with van der Waals surface area (Å²) in [6, 6.07) is 7.56. The summed E-state index contributed by atoms with van der Waals surface area (Å²) in [5.41, 5.74) is 0.855. The van der Waals surface area contributed by atoms with Crippen molar-refractivity contribution in [1.82, 2.24) is 4.90 Å². The number of carbonyl (C=O) groups excluding carboxylic acids is 1. The summed E-state index contributed by atoms with van der Waals surface area (Å²) in [5, 5.41) is 8.52. The predicted molar refractivity (Wildman–Crippen MR) is 85.7 cm³/mol. The molecule has 22 heavy (non-hydrogen) atoms. The fourth-order valence-corrected chi connectivity index (χ4v) is 1.79. The molecule has 0 saturated heterocycles. The smallest absolute Gasteiger partial charge is 0.246 e. The average Bonchev–Trinajstić information content (AvgIpc) is 2.52. The Labute approximate surface area is 131 Å². The van der Waals surface area contributed by atoms with Gasteiger partial charge in [0.1, 0.15) is 0 Å². The second-order valence-electron chi connectivity index (χ2n) is 4.57. The minimum Gasteiger partial charge on any atom is -0.490 e. The molecular weight excluding hydrogens is 280 g/mol. The minimum absolute atomic E-state index is 0.137. The molecule has 0 heterocycles. The minimum atomic E-state index is -0.137. The van der Waals surface area contributed by atoms with E-state index in [0.717, 1.165) is 5.56 Å². The number of carbonyl (C=O) groups is 1. The first-order valence-electron chi connectivity index (χ1n) is 7.32. The number of likely N-dealkylation sites (N-methyl/N-ethyl adjacent to an activating group) is 1. The maximum absolute atomic E-state index is 11.9. The number of ether oxygens (including phenoxy) is 2. The maximum Gasteiger partial charge on any atom is 0.246 e. The fraction of sp³-hybridized carbons (Fsp3) is 0.412. The molecule has 0 aliphatic heterocycles. The predicted octanol–water partition coefficient (Wildman–Crippen LogP) is 2.87. The van der Waals surface area contributed by atoms with Crippen LogP contribution in [0.15, 0.2) is 24.3 Å². The molecule has 0 radical (unpaired) electrons.